The number of carbonyl (C=O) groups is 1. The first-order valence-electron chi connectivity index (χ1n) is 8.11. The summed E-state index contributed by atoms with van der Waals surface area (Å²) in [6.45, 7) is 1.51. The van der Waals surface area contributed by atoms with Crippen molar-refractivity contribution in [2.24, 2.45) is 0 Å². The van der Waals surface area contributed by atoms with Crippen LogP contribution in [0.3, 0.4) is 0 Å². The van der Waals surface area contributed by atoms with E-state index in [1.54, 1.807) is 6.92 Å². The third-order valence-corrected chi connectivity index (χ3v) is 5.31. The molecular weight excluding hydrogens is 378 g/mol. The molecule has 0 heterocycles. The first-order chi connectivity index (χ1) is 12.7. The highest BCUT2D eigenvalue weighted by atomic mass is 32.2. The number of methoxy groups -OCH3 is 1. The zero-order valence-electron chi connectivity index (χ0n) is 14.8. The van der Waals surface area contributed by atoms with E-state index in [2.05, 4.69) is 10.0 Å². The maximum atomic E-state index is 13.2. The summed E-state index contributed by atoms with van der Waals surface area (Å²) in [6.07, 6.45) is -0.108. The summed E-state index contributed by atoms with van der Waals surface area (Å²) in [6, 6.07) is 8.64. The van der Waals surface area contributed by atoms with E-state index < -0.39 is 33.6 Å². The summed E-state index contributed by atoms with van der Waals surface area (Å²) in [5.74, 6) is -1.87. The van der Waals surface area contributed by atoms with Gasteiger partial charge < -0.3 is 10.1 Å². The second-order valence-electron chi connectivity index (χ2n) is 5.79. The van der Waals surface area contributed by atoms with E-state index in [1.807, 2.05) is 0 Å². The monoisotopic (exact) mass is 398 g/mol. The molecule has 0 saturated heterocycles. The molecule has 2 aromatic rings. The van der Waals surface area contributed by atoms with Gasteiger partial charge in [-0.25, -0.2) is 21.9 Å². The quantitative estimate of drug-likeness (QED) is 0.716. The van der Waals surface area contributed by atoms with Crippen molar-refractivity contribution >= 4 is 15.9 Å². The van der Waals surface area contributed by atoms with Crippen LogP contribution in [0.25, 0.3) is 0 Å². The van der Waals surface area contributed by atoms with Gasteiger partial charge in [0.2, 0.25) is 15.9 Å². The fraction of sp³-hybridized carbons (Fsp3) is 0.278. The number of nitrogens with one attached hydrogen (secondary N) is 2. The largest absolute Gasteiger partial charge is 0.497 e. The van der Waals surface area contributed by atoms with Crippen molar-refractivity contribution in [1.29, 1.82) is 0 Å². The third-order valence-electron chi connectivity index (χ3n) is 3.84. The van der Waals surface area contributed by atoms with E-state index in [0.717, 1.165) is 12.1 Å². The van der Waals surface area contributed by atoms with Crippen molar-refractivity contribution in [3.05, 3.63) is 59.7 Å². The van der Waals surface area contributed by atoms with Gasteiger partial charge in [0.15, 0.2) is 11.6 Å². The highest BCUT2D eigenvalue weighted by Crippen LogP contribution is 2.17. The fourth-order valence-electron chi connectivity index (χ4n) is 2.32. The summed E-state index contributed by atoms with van der Waals surface area (Å²) in [7, 11) is -2.27. The molecule has 0 spiro atoms. The molecule has 0 aromatic heterocycles. The Morgan fingerprint density at radius 2 is 1.78 bits per heavy atom. The maximum absolute atomic E-state index is 13.2. The van der Waals surface area contributed by atoms with E-state index in [9.17, 15) is 22.0 Å². The zero-order chi connectivity index (χ0) is 20.0. The summed E-state index contributed by atoms with van der Waals surface area (Å²) < 4.78 is 57.8. The minimum Gasteiger partial charge on any atom is -0.497 e. The second-order valence-corrected chi connectivity index (χ2v) is 7.55. The molecule has 2 aromatic carbocycles. The molecule has 1 amide bonds. The molecule has 0 aliphatic heterocycles. The van der Waals surface area contributed by atoms with Gasteiger partial charge in [0.05, 0.1) is 18.0 Å². The van der Waals surface area contributed by atoms with E-state index in [4.69, 9.17) is 4.74 Å². The lowest BCUT2D eigenvalue weighted by atomic mass is 10.1. The fourth-order valence-corrected chi connectivity index (χ4v) is 3.35. The molecule has 1 unspecified atom stereocenters. The van der Waals surface area contributed by atoms with Gasteiger partial charge >= 0.3 is 0 Å². The lowest BCUT2D eigenvalue weighted by molar-refractivity contribution is -0.121. The maximum Gasteiger partial charge on any atom is 0.240 e. The van der Waals surface area contributed by atoms with Crippen LogP contribution in [0.2, 0.25) is 0 Å². The number of ether oxygens (including phenoxy) is 1. The predicted octanol–water partition coefficient (Wildman–Crippen LogP) is 2.52. The average molecular weight is 398 g/mol. The molecular formula is C18H20F2N2O4S. The Morgan fingerprint density at radius 1 is 1.11 bits per heavy atom. The second kappa shape index (κ2) is 8.92. The molecule has 1 atom stereocenters. The van der Waals surface area contributed by atoms with Crippen LogP contribution in [0.15, 0.2) is 47.4 Å². The highest BCUT2D eigenvalue weighted by Gasteiger charge is 2.16. The van der Waals surface area contributed by atoms with Crippen LogP contribution >= 0.6 is 0 Å². The van der Waals surface area contributed by atoms with E-state index >= 15 is 0 Å². The number of carbonyl (C=O) groups excluding carboxylic acids is 1. The lowest BCUT2D eigenvalue weighted by Crippen LogP contribution is -2.32. The van der Waals surface area contributed by atoms with Gasteiger partial charge in [0.25, 0.3) is 0 Å². The molecule has 2 N–H and O–H groups in total. The summed E-state index contributed by atoms with van der Waals surface area (Å²) in [5.41, 5.74) is 0.404. The van der Waals surface area contributed by atoms with Crippen molar-refractivity contribution in [2.45, 2.75) is 24.3 Å². The number of hydrogen-bond acceptors (Lipinski definition) is 4. The zero-order valence-corrected chi connectivity index (χ0v) is 15.6. The average Bonchev–Trinajstić information content (AvgIpc) is 2.63. The van der Waals surface area contributed by atoms with E-state index in [1.165, 1.54) is 37.4 Å². The first-order valence-corrected chi connectivity index (χ1v) is 9.59. The van der Waals surface area contributed by atoms with Gasteiger partial charge in [-0.15, -0.1) is 0 Å². The predicted molar refractivity (Wildman–Crippen MR) is 95.7 cm³/mol. The highest BCUT2D eigenvalue weighted by molar-refractivity contribution is 7.89. The number of halogens is 2. The smallest absolute Gasteiger partial charge is 0.240 e. The van der Waals surface area contributed by atoms with Crippen LogP contribution in [0, 0.1) is 11.6 Å². The van der Waals surface area contributed by atoms with Crippen LogP contribution < -0.4 is 14.8 Å². The summed E-state index contributed by atoms with van der Waals surface area (Å²) in [4.78, 5) is 12.0. The van der Waals surface area contributed by atoms with E-state index in [-0.39, 0.29) is 17.9 Å². The molecule has 146 valence electrons. The molecule has 27 heavy (non-hydrogen) atoms. The number of hydrogen-bond donors (Lipinski definition) is 2. The third kappa shape index (κ3) is 5.73. The number of sulfonamides is 1. The number of amides is 1. The Kier molecular flexibility index (Phi) is 6.86. The van der Waals surface area contributed by atoms with Crippen molar-refractivity contribution in [2.75, 3.05) is 13.7 Å². The van der Waals surface area contributed by atoms with Crippen LogP contribution in [-0.4, -0.2) is 28.0 Å². The van der Waals surface area contributed by atoms with Gasteiger partial charge in [0.1, 0.15) is 5.75 Å². The van der Waals surface area contributed by atoms with Crippen molar-refractivity contribution in [1.82, 2.24) is 10.0 Å². The van der Waals surface area contributed by atoms with Gasteiger partial charge in [0, 0.05) is 13.0 Å². The molecule has 2 rings (SSSR count). The van der Waals surface area contributed by atoms with Crippen LogP contribution in [0.4, 0.5) is 8.78 Å². The van der Waals surface area contributed by atoms with Gasteiger partial charge in [-0.2, -0.15) is 0 Å². The SMILES string of the molecule is COc1ccc(S(=O)(=O)NCCC(=O)NC(C)c2ccc(F)c(F)c2)cc1. The Bertz CT molecular complexity index is 902. The molecule has 0 saturated carbocycles. The van der Waals surface area contributed by atoms with Crippen molar-refractivity contribution in [3.8, 4) is 5.75 Å². The topological polar surface area (TPSA) is 84.5 Å². The Labute approximate surface area is 156 Å². The molecule has 6 nitrogen and oxygen atoms in total. The van der Waals surface area contributed by atoms with E-state index in [0.29, 0.717) is 11.3 Å². The molecule has 0 bridgehead atoms. The number of rotatable bonds is 8. The standard InChI is InChI=1S/C18H20F2N2O4S/c1-12(13-3-8-16(19)17(20)11-13)22-18(23)9-10-21-27(24,25)15-6-4-14(26-2)5-7-15/h3-8,11-12,21H,9-10H2,1-2H3,(H,22,23). The number of benzene rings is 2. The van der Waals surface area contributed by atoms with Gasteiger partial charge in [-0.3, -0.25) is 4.79 Å². The van der Waals surface area contributed by atoms with Crippen molar-refractivity contribution in [3.63, 3.8) is 0 Å². The Hall–Kier alpha value is -2.52. The molecule has 0 aliphatic carbocycles. The lowest BCUT2D eigenvalue weighted by Gasteiger charge is -2.15. The van der Waals surface area contributed by atoms with Crippen LogP contribution in [0.1, 0.15) is 24.9 Å². The van der Waals surface area contributed by atoms with Gasteiger partial charge in [-0.05, 0) is 48.9 Å². The Morgan fingerprint density at radius 3 is 2.37 bits per heavy atom. The molecule has 0 fully saturated rings. The molecule has 0 aliphatic rings. The molecule has 0 radical (unpaired) electrons. The normalized spacial score (nSPS) is 12.4. The summed E-state index contributed by atoms with van der Waals surface area (Å²) >= 11 is 0. The van der Waals surface area contributed by atoms with Gasteiger partial charge in [-0.1, -0.05) is 6.07 Å². The van der Waals surface area contributed by atoms with Crippen LogP contribution in [0.5, 0.6) is 5.75 Å². The first kappa shape index (κ1) is 20.8. The van der Waals surface area contributed by atoms with Crippen molar-refractivity contribution < 1.29 is 26.7 Å². The van der Waals surface area contributed by atoms with Crippen LogP contribution in [-0.2, 0) is 14.8 Å². The summed E-state index contributed by atoms with van der Waals surface area (Å²) in [5, 5.41) is 2.60. The Balaban J connectivity index is 1.86. The minimum absolute atomic E-state index is 0.0545. The minimum atomic E-state index is -3.75. The molecule has 9 heteroatoms.